The van der Waals surface area contributed by atoms with Crippen molar-refractivity contribution in [2.45, 2.75) is 26.4 Å². The molecule has 0 unspecified atom stereocenters. The number of nitriles is 1. The summed E-state index contributed by atoms with van der Waals surface area (Å²) in [5.41, 5.74) is -0.753. The molecule has 3 nitrogen and oxygen atoms in total. The van der Waals surface area contributed by atoms with E-state index in [0.29, 0.717) is 4.88 Å². The molecule has 0 bridgehead atoms. The maximum absolute atomic E-state index is 13.0. The van der Waals surface area contributed by atoms with E-state index in [-0.39, 0.29) is 31.0 Å². The first-order valence-electron chi connectivity index (χ1n) is 6.50. The normalized spacial score (nSPS) is 21.9. The Kier molecular flexibility index (Phi) is 4.02. The molecule has 0 spiro atoms. The molecule has 0 aromatic carbocycles. The van der Waals surface area contributed by atoms with Gasteiger partial charge in [-0.05, 0) is 23.3 Å². The van der Waals surface area contributed by atoms with Crippen LogP contribution in [0, 0.1) is 22.7 Å². The molecule has 1 fully saturated rings. The zero-order valence-electron chi connectivity index (χ0n) is 11.7. The molecular weight excluding hydrogens is 301 g/mol. The maximum Gasteiger partial charge on any atom is 0.392 e. The van der Waals surface area contributed by atoms with Crippen LogP contribution >= 0.6 is 11.3 Å². The lowest BCUT2D eigenvalue weighted by atomic mass is 9.73. The second-order valence-corrected chi connectivity index (χ2v) is 6.79. The number of hydrogen-bond donors (Lipinski definition) is 0. The highest BCUT2D eigenvalue weighted by molar-refractivity contribution is 7.12. The van der Waals surface area contributed by atoms with Crippen molar-refractivity contribution in [1.82, 2.24) is 4.90 Å². The van der Waals surface area contributed by atoms with Gasteiger partial charge in [-0.2, -0.15) is 18.4 Å². The summed E-state index contributed by atoms with van der Waals surface area (Å²) in [5, 5.41) is 10.6. The van der Waals surface area contributed by atoms with Gasteiger partial charge in [-0.15, -0.1) is 11.3 Å². The molecule has 0 radical (unpaired) electrons. The third-order valence-electron chi connectivity index (χ3n) is 3.89. The van der Waals surface area contributed by atoms with E-state index < -0.39 is 17.5 Å². The Hall–Kier alpha value is -1.55. The van der Waals surface area contributed by atoms with Gasteiger partial charge in [0.25, 0.3) is 5.91 Å². The van der Waals surface area contributed by atoms with Crippen LogP contribution in [0.25, 0.3) is 0 Å². The fourth-order valence-electron chi connectivity index (χ4n) is 2.84. The number of hydrogen-bond acceptors (Lipinski definition) is 3. The van der Waals surface area contributed by atoms with E-state index in [1.165, 1.54) is 18.7 Å². The highest BCUT2D eigenvalue weighted by Gasteiger charge is 2.51. The number of piperidine rings is 1. The van der Waals surface area contributed by atoms with Crippen LogP contribution < -0.4 is 0 Å². The van der Waals surface area contributed by atoms with Crippen LogP contribution in [-0.2, 0) is 0 Å². The monoisotopic (exact) mass is 316 g/mol. The van der Waals surface area contributed by atoms with Crippen molar-refractivity contribution >= 4 is 17.2 Å². The van der Waals surface area contributed by atoms with E-state index >= 15 is 0 Å². The highest BCUT2D eigenvalue weighted by Crippen LogP contribution is 2.45. The summed E-state index contributed by atoms with van der Waals surface area (Å²) in [4.78, 5) is 14.1. The Morgan fingerprint density at radius 3 is 2.71 bits per heavy atom. The molecule has 1 aliphatic heterocycles. The van der Waals surface area contributed by atoms with Gasteiger partial charge in [0.15, 0.2) is 0 Å². The van der Waals surface area contributed by atoms with Crippen molar-refractivity contribution in [1.29, 1.82) is 5.26 Å². The Bertz CT molecular complexity index is 586. The van der Waals surface area contributed by atoms with E-state index in [1.54, 1.807) is 11.4 Å². The SMILES string of the molecule is CC1(C)CN(C(=O)c2sccc2C#N)CC[C@@H]1C(F)(F)F. The van der Waals surface area contributed by atoms with Crippen LogP contribution in [0.5, 0.6) is 0 Å². The number of likely N-dealkylation sites (tertiary alicyclic amines) is 1. The van der Waals surface area contributed by atoms with Gasteiger partial charge in [0.2, 0.25) is 0 Å². The van der Waals surface area contributed by atoms with Crippen LogP contribution in [0.1, 0.15) is 35.5 Å². The first kappa shape index (κ1) is 15.8. The van der Waals surface area contributed by atoms with Gasteiger partial charge in [-0.3, -0.25) is 4.79 Å². The predicted molar refractivity (Wildman–Crippen MR) is 72.9 cm³/mol. The minimum Gasteiger partial charge on any atom is -0.337 e. The predicted octanol–water partition coefficient (Wildman–Crippen LogP) is 3.67. The molecule has 0 aliphatic carbocycles. The standard InChI is InChI=1S/C14H15F3N2OS/c1-13(2)8-19(5-3-10(13)14(15,16)17)12(20)11-9(7-18)4-6-21-11/h4,6,10H,3,5,8H2,1-2H3/t10-/m0/s1. The lowest BCUT2D eigenvalue weighted by Crippen LogP contribution is -2.52. The summed E-state index contributed by atoms with van der Waals surface area (Å²) in [7, 11) is 0. The lowest BCUT2D eigenvalue weighted by molar-refractivity contribution is -0.214. The van der Waals surface area contributed by atoms with E-state index in [0.717, 1.165) is 11.3 Å². The van der Waals surface area contributed by atoms with Gasteiger partial charge in [0.05, 0.1) is 11.5 Å². The molecule has 7 heteroatoms. The van der Waals surface area contributed by atoms with Gasteiger partial charge in [0, 0.05) is 13.1 Å². The molecule has 1 amide bonds. The summed E-state index contributed by atoms with van der Waals surface area (Å²) in [6.07, 6.45) is -4.35. The van der Waals surface area contributed by atoms with E-state index in [2.05, 4.69) is 0 Å². The minimum atomic E-state index is -4.25. The Labute approximate surface area is 125 Å². The van der Waals surface area contributed by atoms with Gasteiger partial charge in [0.1, 0.15) is 10.9 Å². The van der Waals surface area contributed by atoms with Crippen LogP contribution in [0.2, 0.25) is 0 Å². The fourth-order valence-corrected chi connectivity index (χ4v) is 3.65. The quantitative estimate of drug-likeness (QED) is 0.793. The number of halogens is 3. The summed E-state index contributed by atoms with van der Waals surface area (Å²) >= 11 is 1.15. The number of amides is 1. The van der Waals surface area contributed by atoms with Gasteiger partial charge >= 0.3 is 6.18 Å². The lowest BCUT2D eigenvalue weighted by Gasteiger charge is -2.44. The van der Waals surface area contributed by atoms with Crippen molar-refractivity contribution in [3.63, 3.8) is 0 Å². The van der Waals surface area contributed by atoms with Crippen molar-refractivity contribution in [3.05, 3.63) is 21.9 Å². The average molecular weight is 316 g/mol. The molecule has 0 saturated carbocycles. The Morgan fingerprint density at radius 2 is 2.19 bits per heavy atom. The Balaban J connectivity index is 2.19. The molecule has 1 aromatic rings. The van der Waals surface area contributed by atoms with Gasteiger partial charge in [-0.25, -0.2) is 0 Å². The summed E-state index contributed by atoms with van der Waals surface area (Å²) in [6.45, 7) is 3.17. The third kappa shape index (κ3) is 3.05. The summed E-state index contributed by atoms with van der Waals surface area (Å²) in [6, 6.07) is 3.48. The van der Waals surface area contributed by atoms with E-state index in [1.807, 2.05) is 6.07 Å². The molecular formula is C14H15F3N2OS. The van der Waals surface area contributed by atoms with Crippen molar-refractivity contribution < 1.29 is 18.0 Å². The second-order valence-electron chi connectivity index (χ2n) is 5.87. The minimum absolute atomic E-state index is 0.0405. The molecule has 1 atom stereocenters. The number of carbonyl (C=O) groups is 1. The van der Waals surface area contributed by atoms with Crippen LogP contribution in [-0.4, -0.2) is 30.1 Å². The zero-order chi connectivity index (χ0) is 15.8. The van der Waals surface area contributed by atoms with Crippen molar-refractivity contribution in [3.8, 4) is 6.07 Å². The fraction of sp³-hybridized carbons (Fsp3) is 0.571. The van der Waals surface area contributed by atoms with E-state index in [9.17, 15) is 18.0 Å². The largest absolute Gasteiger partial charge is 0.392 e. The molecule has 0 N–H and O–H groups in total. The molecule has 114 valence electrons. The summed E-state index contributed by atoms with van der Waals surface area (Å²) < 4.78 is 39.0. The van der Waals surface area contributed by atoms with Gasteiger partial charge < -0.3 is 4.90 Å². The number of rotatable bonds is 1. The van der Waals surface area contributed by atoms with Crippen LogP contribution in [0.3, 0.4) is 0 Å². The Morgan fingerprint density at radius 1 is 1.52 bits per heavy atom. The van der Waals surface area contributed by atoms with Crippen LogP contribution in [0.15, 0.2) is 11.4 Å². The number of nitrogens with zero attached hydrogens (tertiary/aromatic N) is 2. The maximum atomic E-state index is 13.0. The number of alkyl halides is 3. The topological polar surface area (TPSA) is 44.1 Å². The van der Waals surface area contributed by atoms with Gasteiger partial charge in [-0.1, -0.05) is 13.8 Å². The van der Waals surface area contributed by atoms with Crippen molar-refractivity contribution in [2.24, 2.45) is 11.3 Å². The van der Waals surface area contributed by atoms with E-state index in [4.69, 9.17) is 5.26 Å². The smallest absolute Gasteiger partial charge is 0.337 e. The molecule has 1 saturated heterocycles. The average Bonchev–Trinajstić information content (AvgIpc) is 2.83. The first-order chi connectivity index (χ1) is 9.66. The second kappa shape index (κ2) is 5.34. The molecule has 1 aromatic heterocycles. The molecule has 21 heavy (non-hydrogen) atoms. The molecule has 2 heterocycles. The molecule has 2 rings (SSSR count). The number of carbonyl (C=O) groups excluding carboxylic acids is 1. The zero-order valence-corrected chi connectivity index (χ0v) is 12.5. The first-order valence-corrected chi connectivity index (χ1v) is 7.38. The summed E-state index contributed by atoms with van der Waals surface area (Å²) in [5.74, 6) is -1.76. The number of thiophene rings is 1. The third-order valence-corrected chi connectivity index (χ3v) is 4.79. The van der Waals surface area contributed by atoms with Crippen LogP contribution in [0.4, 0.5) is 13.2 Å². The molecule has 1 aliphatic rings. The van der Waals surface area contributed by atoms with Crippen molar-refractivity contribution in [2.75, 3.05) is 13.1 Å². The highest BCUT2D eigenvalue weighted by atomic mass is 32.1.